The predicted molar refractivity (Wildman–Crippen MR) is 101 cm³/mol. The van der Waals surface area contributed by atoms with Gasteiger partial charge in [0.15, 0.2) is 0 Å². The zero-order valence-electron chi connectivity index (χ0n) is 14.4. The van der Waals surface area contributed by atoms with Gasteiger partial charge in [-0.05, 0) is 39.0 Å². The maximum absolute atomic E-state index is 11.3. The van der Waals surface area contributed by atoms with E-state index in [1.165, 1.54) is 11.2 Å². The highest BCUT2D eigenvalue weighted by atomic mass is 32.1. The Balaban J connectivity index is 1.76. The van der Waals surface area contributed by atoms with Crippen LogP contribution in [-0.4, -0.2) is 37.5 Å². The molecule has 6 nitrogen and oxygen atoms in total. The fraction of sp³-hybridized carbons (Fsp3) is 0.278. The largest absolute Gasteiger partial charge is 0.465 e. The molecular weight excluding hydrogens is 336 g/mol. The van der Waals surface area contributed by atoms with Crippen LogP contribution in [0.5, 0.6) is 0 Å². The molecule has 0 aromatic carbocycles. The summed E-state index contributed by atoms with van der Waals surface area (Å²) in [4.78, 5) is 22.2. The van der Waals surface area contributed by atoms with Crippen molar-refractivity contribution in [1.29, 1.82) is 0 Å². The van der Waals surface area contributed by atoms with Crippen LogP contribution in [-0.2, 0) is 6.54 Å². The van der Waals surface area contributed by atoms with Gasteiger partial charge in [0.25, 0.3) is 0 Å². The number of pyridine rings is 1. The first kappa shape index (κ1) is 17.2. The number of carbonyl (C=O) groups is 1. The van der Waals surface area contributed by atoms with Gasteiger partial charge in [-0.1, -0.05) is 0 Å². The molecule has 3 rings (SSSR count). The Hall–Kier alpha value is -2.67. The Morgan fingerprint density at radius 3 is 2.96 bits per heavy atom. The molecule has 1 amide bonds. The summed E-state index contributed by atoms with van der Waals surface area (Å²) < 4.78 is 2.14. The summed E-state index contributed by atoms with van der Waals surface area (Å²) >= 11 is 1.60. The molecule has 0 fully saturated rings. The highest BCUT2D eigenvalue weighted by Gasteiger charge is 2.24. The Morgan fingerprint density at radius 2 is 2.24 bits per heavy atom. The summed E-state index contributed by atoms with van der Waals surface area (Å²) in [6.07, 6.45) is 6.05. The lowest BCUT2D eigenvalue weighted by molar-refractivity contribution is 0.143. The van der Waals surface area contributed by atoms with E-state index in [1.54, 1.807) is 17.5 Å². The first-order valence-corrected chi connectivity index (χ1v) is 8.75. The summed E-state index contributed by atoms with van der Waals surface area (Å²) in [6.45, 7) is 6.23. The van der Waals surface area contributed by atoms with E-state index >= 15 is 0 Å². The van der Waals surface area contributed by atoms with Gasteiger partial charge in [0, 0.05) is 33.6 Å². The first-order chi connectivity index (χ1) is 11.8. The maximum atomic E-state index is 11.3. The summed E-state index contributed by atoms with van der Waals surface area (Å²) in [7, 11) is 0. The molecule has 3 aromatic rings. The van der Waals surface area contributed by atoms with Crippen LogP contribution in [0, 0.1) is 0 Å². The summed E-state index contributed by atoms with van der Waals surface area (Å²) in [6, 6.07) is 6.03. The maximum Gasteiger partial charge on any atom is 0.413 e. The van der Waals surface area contributed by atoms with Gasteiger partial charge in [-0.2, -0.15) is 0 Å². The highest BCUT2D eigenvalue weighted by molar-refractivity contribution is 7.10. The van der Waals surface area contributed by atoms with Gasteiger partial charge in [0.2, 0.25) is 0 Å². The minimum absolute atomic E-state index is 0.536. The molecule has 0 aliphatic rings. The van der Waals surface area contributed by atoms with E-state index < -0.39 is 11.6 Å². The van der Waals surface area contributed by atoms with E-state index in [0.29, 0.717) is 0 Å². The molecule has 0 spiro atoms. The normalized spacial score (nSPS) is 12.1. The van der Waals surface area contributed by atoms with E-state index in [2.05, 4.69) is 20.6 Å². The van der Waals surface area contributed by atoms with E-state index in [1.807, 2.05) is 50.7 Å². The van der Waals surface area contributed by atoms with Crippen molar-refractivity contribution in [2.75, 3.05) is 0 Å². The molecule has 25 heavy (non-hydrogen) atoms. The quantitative estimate of drug-likeness (QED) is 0.549. The Bertz CT molecular complexity index is 920. The number of carboxylic acid groups (broad SMARTS) is 1. The number of hydrogen-bond donors (Lipinski definition) is 1. The standard InChI is InChI=1S/C18H20N4O2S/c1-18(2,3)22(17(23)24)12-20-14-8-15(25-11-14)10-21-7-5-13-4-6-19-9-16(13)21/h4-9,11-12H,10H2,1-3H3,(H,23,24). The van der Waals surface area contributed by atoms with Crippen LogP contribution in [0.3, 0.4) is 0 Å². The number of amides is 1. The van der Waals surface area contributed by atoms with Gasteiger partial charge in [-0.15, -0.1) is 11.3 Å². The van der Waals surface area contributed by atoms with Crippen molar-refractivity contribution in [2.24, 2.45) is 4.99 Å². The predicted octanol–water partition coefficient (Wildman–Crippen LogP) is 4.58. The third kappa shape index (κ3) is 3.88. The van der Waals surface area contributed by atoms with Gasteiger partial charge in [0.05, 0.1) is 23.9 Å². The molecule has 1 N–H and O–H groups in total. The van der Waals surface area contributed by atoms with Crippen molar-refractivity contribution in [1.82, 2.24) is 14.5 Å². The van der Waals surface area contributed by atoms with Crippen molar-refractivity contribution in [3.05, 3.63) is 47.0 Å². The zero-order valence-corrected chi connectivity index (χ0v) is 15.2. The lowest BCUT2D eigenvalue weighted by atomic mass is 10.1. The fourth-order valence-corrected chi connectivity index (χ4v) is 3.29. The molecule has 0 radical (unpaired) electrons. The second-order valence-corrected chi connectivity index (χ2v) is 7.71. The number of nitrogens with zero attached hydrogens (tertiary/aromatic N) is 4. The molecule has 0 bridgehead atoms. The number of rotatable bonds is 4. The molecule has 3 aromatic heterocycles. The lowest BCUT2D eigenvalue weighted by Gasteiger charge is -2.28. The second-order valence-electron chi connectivity index (χ2n) is 6.72. The van der Waals surface area contributed by atoms with Crippen LogP contribution >= 0.6 is 11.3 Å². The number of thiophene rings is 1. The summed E-state index contributed by atoms with van der Waals surface area (Å²) in [5, 5.41) is 12.4. The number of aromatic nitrogens is 2. The van der Waals surface area contributed by atoms with Crippen molar-refractivity contribution >= 4 is 40.4 Å². The van der Waals surface area contributed by atoms with Gasteiger partial charge in [0.1, 0.15) is 6.34 Å². The van der Waals surface area contributed by atoms with Crippen molar-refractivity contribution < 1.29 is 9.90 Å². The minimum atomic E-state index is -1.02. The molecule has 130 valence electrons. The molecule has 0 saturated heterocycles. The van der Waals surface area contributed by atoms with Crippen LogP contribution in [0.2, 0.25) is 0 Å². The van der Waals surface area contributed by atoms with E-state index in [0.717, 1.165) is 28.0 Å². The number of hydrogen-bond acceptors (Lipinski definition) is 4. The molecule has 0 saturated carbocycles. The molecule has 0 unspecified atom stereocenters. The first-order valence-electron chi connectivity index (χ1n) is 7.87. The third-order valence-corrected chi connectivity index (χ3v) is 4.70. The fourth-order valence-electron chi connectivity index (χ4n) is 2.49. The van der Waals surface area contributed by atoms with Crippen molar-refractivity contribution in [3.63, 3.8) is 0 Å². The average Bonchev–Trinajstić information content (AvgIpc) is 3.14. The topological polar surface area (TPSA) is 70.7 Å². The second kappa shape index (κ2) is 6.68. The minimum Gasteiger partial charge on any atom is -0.465 e. The molecule has 7 heteroatoms. The van der Waals surface area contributed by atoms with Crippen LogP contribution < -0.4 is 0 Å². The van der Waals surface area contributed by atoms with Gasteiger partial charge >= 0.3 is 6.09 Å². The Morgan fingerprint density at radius 1 is 1.44 bits per heavy atom. The lowest BCUT2D eigenvalue weighted by Crippen LogP contribution is -2.43. The Labute approximate surface area is 150 Å². The van der Waals surface area contributed by atoms with Crippen LogP contribution in [0.25, 0.3) is 10.9 Å². The van der Waals surface area contributed by atoms with Gasteiger partial charge < -0.3 is 9.67 Å². The third-order valence-electron chi connectivity index (χ3n) is 3.79. The number of fused-ring (bicyclic) bond motifs is 1. The molecule has 3 heterocycles. The zero-order chi connectivity index (χ0) is 18.0. The SMILES string of the molecule is CC(C)(C)N(C=Nc1csc(Cn2ccc3ccncc32)c1)C(=O)O. The van der Waals surface area contributed by atoms with E-state index in [4.69, 9.17) is 0 Å². The smallest absolute Gasteiger partial charge is 0.413 e. The van der Waals surface area contributed by atoms with Crippen LogP contribution in [0.1, 0.15) is 25.6 Å². The van der Waals surface area contributed by atoms with Crippen LogP contribution in [0.4, 0.5) is 10.5 Å². The molecule has 0 aliphatic heterocycles. The van der Waals surface area contributed by atoms with E-state index in [-0.39, 0.29) is 0 Å². The van der Waals surface area contributed by atoms with Gasteiger partial charge in [-0.25, -0.2) is 9.79 Å². The molecule has 0 aliphatic carbocycles. The number of aliphatic imine (C=N–C) groups is 1. The van der Waals surface area contributed by atoms with Crippen LogP contribution in [0.15, 0.2) is 47.2 Å². The van der Waals surface area contributed by atoms with E-state index in [9.17, 15) is 9.90 Å². The average molecular weight is 356 g/mol. The summed E-state index contributed by atoms with van der Waals surface area (Å²) in [5.41, 5.74) is 1.31. The highest BCUT2D eigenvalue weighted by Crippen LogP contribution is 2.25. The molecular formula is C18H20N4O2S. The monoisotopic (exact) mass is 356 g/mol. The van der Waals surface area contributed by atoms with Crippen molar-refractivity contribution in [3.8, 4) is 0 Å². The van der Waals surface area contributed by atoms with Crippen molar-refractivity contribution in [2.45, 2.75) is 32.9 Å². The molecule has 0 atom stereocenters. The summed E-state index contributed by atoms with van der Waals surface area (Å²) in [5.74, 6) is 0. The Kier molecular flexibility index (Phi) is 4.59. The van der Waals surface area contributed by atoms with Gasteiger partial charge in [-0.3, -0.25) is 9.88 Å².